The Morgan fingerprint density at radius 2 is 1.06 bits per heavy atom. The molecule has 0 aliphatic rings. The fourth-order valence-corrected chi connectivity index (χ4v) is 2.13. The van der Waals surface area contributed by atoms with Crippen molar-refractivity contribution < 1.29 is 32.4 Å². The van der Waals surface area contributed by atoms with Crippen LogP contribution in [0.5, 0.6) is 0 Å². The van der Waals surface area contributed by atoms with Gasteiger partial charge >= 0.3 is 79.1 Å². The molecule has 0 spiro atoms. The van der Waals surface area contributed by atoms with Gasteiger partial charge in [0.2, 0.25) is 0 Å². The van der Waals surface area contributed by atoms with Crippen LogP contribution in [0.1, 0.15) is 0 Å². The maximum atomic E-state index is 5.23. The van der Waals surface area contributed by atoms with Gasteiger partial charge in [-0.15, -0.1) is 10.2 Å². The van der Waals surface area contributed by atoms with Gasteiger partial charge in [-0.2, -0.15) is 0 Å². The summed E-state index contributed by atoms with van der Waals surface area (Å²) < 4.78 is 0. The first-order chi connectivity index (χ1) is 15.7. The van der Waals surface area contributed by atoms with Crippen LogP contribution in [0.3, 0.4) is 0 Å². The fourth-order valence-electron chi connectivity index (χ4n) is 2.13. The van der Waals surface area contributed by atoms with E-state index in [1.165, 1.54) is 32.4 Å². The first-order valence-corrected chi connectivity index (χ1v) is 17.7. The molecule has 0 saturated carbocycles. The van der Waals surface area contributed by atoms with Crippen molar-refractivity contribution in [1.82, 2.24) is 30.3 Å². The van der Waals surface area contributed by atoms with Crippen LogP contribution >= 0.6 is 56.4 Å². The minimum absolute atomic E-state index is 0.424. The summed E-state index contributed by atoms with van der Waals surface area (Å²) in [4.78, 5) is 13.3. The zero-order valence-electron chi connectivity index (χ0n) is 16.2. The Balaban J connectivity index is 0.000000258. The van der Waals surface area contributed by atoms with E-state index in [0.717, 1.165) is 22.1 Å². The number of aromatic nitrogens is 6. The standard InChI is InChI=1S/2C9H9N3O.4BrH.2Cu/c2*1-2-7-13-12-9-6-4-3-5-8(9)10-11-12;;;;;;/h2*2-6H,1,7H2;4*1H;;/q;;;;;;2*+1/p-4. The number of benzene rings is 2. The van der Waals surface area contributed by atoms with E-state index in [0.29, 0.717) is 13.2 Å². The van der Waals surface area contributed by atoms with Gasteiger partial charge in [0.05, 0.1) is 0 Å². The molecular formula is C18H18Br4Cu2N6O2-2. The van der Waals surface area contributed by atoms with Crippen molar-refractivity contribution in [2.24, 2.45) is 0 Å². The van der Waals surface area contributed by atoms with Crippen LogP contribution in [0.25, 0.3) is 22.1 Å². The van der Waals surface area contributed by atoms with E-state index in [-0.39, 0.29) is 0 Å². The van der Waals surface area contributed by atoms with Crippen molar-refractivity contribution in [1.29, 1.82) is 0 Å². The first kappa shape index (κ1) is 29.3. The average molecular weight is 797 g/mol. The van der Waals surface area contributed by atoms with E-state index >= 15 is 0 Å². The number of fused-ring (bicyclic) bond motifs is 2. The topological polar surface area (TPSA) is 79.9 Å². The molecule has 2 heterocycles. The van der Waals surface area contributed by atoms with Crippen molar-refractivity contribution in [2.75, 3.05) is 13.2 Å². The van der Waals surface area contributed by atoms with Gasteiger partial charge < -0.3 is 9.68 Å². The molecule has 32 heavy (non-hydrogen) atoms. The minimum atomic E-state index is 0.424. The molecule has 0 bridgehead atoms. The zero-order valence-corrected chi connectivity index (χ0v) is 24.4. The number of hydrogen-bond acceptors (Lipinski definition) is 6. The van der Waals surface area contributed by atoms with Gasteiger partial charge in [-0.25, -0.2) is 0 Å². The number of para-hydroxylation sites is 2. The molecule has 8 nitrogen and oxygen atoms in total. The Kier molecular flexibility index (Phi) is 17.1. The van der Waals surface area contributed by atoms with Crippen LogP contribution in [0.2, 0.25) is 0 Å². The molecule has 4 aromatic rings. The molecule has 0 radical (unpaired) electrons. The number of rotatable bonds is 6. The van der Waals surface area contributed by atoms with E-state index in [1.54, 1.807) is 12.2 Å². The summed E-state index contributed by atoms with van der Waals surface area (Å²) in [6.45, 7) is 7.96. The van der Waals surface area contributed by atoms with Crippen molar-refractivity contribution in [3.05, 3.63) is 73.8 Å². The van der Waals surface area contributed by atoms with Crippen LogP contribution < -0.4 is 9.68 Å². The van der Waals surface area contributed by atoms with Crippen LogP contribution in [0.4, 0.5) is 0 Å². The SMILES string of the molecule is C=CCOn1nnc2ccccc21.C=CCOn1nnc2ccccc21.[Br][Cu-][Br].[Br][Cu-][Br]. The van der Waals surface area contributed by atoms with Crippen molar-refractivity contribution in [3.8, 4) is 0 Å². The molecule has 2 aromatic carbocycles. The molecular weight excluding hydrogens is 779 g/mol. The summed E-state index contributed by atoms with van der Waals surface area (Å²) in [6.07, 6.45) is 3.33. The summed E-state index contributed by atoms with van der Waals surface area (Å²) >= 11 is 14.8. The first-order valence-electron chi connectivity index (χ1n) is 8.38. The summed E-state index contributed by atoms with van der Waals surface area (Å²) in [5, 5.41) is 15.5. The van der Waals surface area contributed by atoms with Gasteiger partial charge in [0.1, 0.15) is 35.3 Å². The molecule has 4 rings (SSSR count). The number of halogens is 4. The third-order valence-electron chi connectivity index (χ3n) is 3.27. The molecule has 0 amide bonds. The maximum absolute atomic E-state index is 5.23. The van der Waals surface area contributed by atoms with Crippen LogP contribution in [-0.2, 0) is 22.7 Å². The molecule has 0 saturated heterocycles. The van der Waals surface area contributed by atoms with E-state index in [9.17, 15) is 0 Å². The molecule has 0 unspecified atom stereocenters. The monoisotopic (exact) mass is 792 g/mol. The quantitative estimate of drug-likeness (QED) is 0.191. The van der Waals surface area contributed by atoms with E-state index < -0.39 is 0 Å². The predicted octanol–water partition coefficient (Wildman–Crippen LogP) is 5.47. The van der Waals surface area contributed by atoms with Crippen LogP contribution in [0, 0.1) is 0 Å². The van der Waals surface area contributed by atoms with Gasteiger partial charge in [0.15, 0.2) is 0 Å². The number of hydrogen-bond donors (Lipinski definition) is 0. The van der Waals surface area contributed by atoms with E-state index in [4.69, 9.17) is 9.68 Å². The summed E-state index contributed by atoms with van der Waals surface area (Å²) in [5.41, 5.74) is 3.38. The van der Waals surface area contributed by atoms with Gasteiger partial charge in [-0.05, 0) is 34.7 Å². The van der Waals surface area contributed by atoms with Crippen molar-refractivity contribution in [2.45, 2.75) is 0 Å². The zero-order chi connectivity index (χ0) is 23.6. The predicted molar refractivity (Wildman–Crippen MR) is 134 cm³/mol. The molecule has 14 heteroatoms. The second kappa shape index (κ2) is 18.7. The molecule has 184 valence electrons. The Hall–Kier alpha value is -0.721. The van der Waals surface area contributed by atoms with Crippen LogP contribution in [0.15, 0.2) is 73.8 Å². The van der Waals surface area contributed by atoms with Gasteiger partial charge in [0.25, 0.3) is 0 Å². The van der Waals surface area contributed by atoms with Crippen molar-refractivity contribution in [3.63, 3.8) is 0 Å². The van der Waals surface area contributed by atoms with Gasteiger partial charge in [0, 0.05) is 0 Å². The second-order valence-corrected chi connectivity index (χ2v) is 14.7. The van der Waals surface area contributed by atoms with E-state index in [1.807, 2.05) is 48.5 Å². The Morgan fingerprint density at radius 1 is 0.719 bits per heavy atom. The molecule has 0 N–H and O–H groups in total. The Bertz CT molecular complexity index is 982. The van der Waals surface area contributed by atoms with Crippen LogP contribution in [-0.4, -0.2) is 43.5 Å². The number of nitrogens with zero attached hydrogens (tertiary/aromatic N) is 6. The molecule has 2 aromatic heterocycles. The molecule has 0 fully saturated rings. The normalized spacial score (nSPS) is 9.62. The third kappa shape index (κ3) is 10.5. The summed E-state index contributed by atoms with van der Waals surface area (Å²) in [7, 11) is 0. The summed E-state index contributed by atoms with van der Waals surface area (Å²) in [6, 6.07) is 15.2. The van der Waals surface area contributed by atoms with Crippen molar-refractivity contribution >= 4 is 78.5 Å². The van der Waals surface area contributed by atoms with Gasteiger partial charge in [-0.1, -0.05) is 59.3 Å². The Morgan fingerprint density at radius 3 is 1.41 bits per heavy atom. The molecule has 0 atom stereocenters. The second-order valence-electron chi connectivity index (χ2n) is 5.16. The van der Waals surface area contributed by atoms with Gasteiger partial charge in [-0.3, -0.25) is 0 Å². The third-order valence-corrected chi connectivity index (χ3v) is 3.27. The average Bonchev–Trinajstić information content (AvgIpc) is 3.42. The molecule has 0 aliphatic heterocycles. The van der Waals surface area contributed by atoms with E-state index in [2.05, 4.69) is 90.2 Å². The summed E-state index contributed by atoms with van der Waals surface area (Å²) in [5.74, 6) is 0. The Labute approximate surface area is 226 Å². The molecule has 0 aliphatic carbocycles. The fraction of sp³-hybridized carbons (Fsp3) is 0.111.